The molecule has 0 aromatic carbocycles. The maximum atomic E-state index is 9.06. The second-order valence-corrected chi connectivity index (χ2v) is 7.23. The lowest BCUT2D eigenvalue weighted by Crippen LogP contribution is -2.52. The number of hydrogen-bond donors (Lipinski definition) is 1. The van der Waals surface area contributed by atoms with Gasteiger partial charge in [0, 0.05) is 25.4 Å². The molecule has 6 nitrogen and oxygen atoms in total. The molecule has 6 heteroatoms. The van der Waals surface area contributed by atoms with Crippen molar-refractivity contribution in [1.29, 1.82) is 0 Å². The molecule has 0 amide bonds. The number of aromatic nitrogens is 2. The van der Waals surface area contributed by atoms with E-state index < -0.39 is 0 Å². The number of anilines is 1. The molecule has 1 saturated carbocycles. The maximum Gasteiger partial charge on any atom is 0.135 e. The summed E-state index contributed by atoms with van der Waals surface area (Å²) in [6, 6.07) is 0.264. The van der Waals surface area contributed by atoms with Crippen LogP contribution in [-0.2, 0) is 15.9 Å². The van der Waals surface area contributed by atoms with Gasteiger partial charge in [-0.1, -0.05) is 13.3 Å². The van der Waals surface area contributed by atoms with E-state index in [0.29, 0.717) is 6.61 Å². The molecule has 2 fully saturated rings. The normalized spacial score (nSPS) is 29.0. The van der Waals surface area contributed by atoms with Crippen LogP contribution in [0.15, 0.2) is 6.20 Å². The Labute approximate surface area is 150 Å². The Balaban J connectivity index is 1.88. The van der Waals surface area contributed by atoms with Crippen LogP contribution in [0.25, 0.3) is 0 Å². The number of fused-ring (bicyclic) bond motifs is 1. The highest BCUT2D eigenvalue weighted by molar-refractivity contribution is 5.50. The number of rotatable bonds is 7. The van der Waals surface area contributed by atoms with Gasteiger partial charge in [0.2, 0.25) is 0 Å². The third-order valence-electron chi connectivity index (χ3n) is 5.74. The Morgan fingerprint density at radius 2 is 2.24 bits per heavy atom. The molecular weight excluding hydrogens is 318 g/mol. The Morgan fingerprint density at radius 1 is 1.40 bits per heavy atom. The van der Waals surface area contributed by atoms with Gasteiger partial charge in [-0.25, -0.2) is 9.97 Å². The van der Waals surface area contributed by atoms with Crippen LogP contribution >= 0.6 is 0 Å². The van der Waals surface area contributed by atoms with E-state index in [-0.39, 0.29) is 24.4 Å². The molecule has 25 heavy (non-hydrogen) atoms. The smallest absolute Gasteiger partial charge is 0.135 e. The molecule has 1 aliphatic carbocycles. The molecule has 0 unspecified atom stereocenters. The van der Waals surface area contributed by atoms with E-state index in [2.05, 4.69) is 16.8 Å². The molecule has 2 aliphatic rings. The molecule has 1 N–H and O–H groups in total. The number of aryl methyl sites for hydroxylation is 2. The Bertz CT molecular complexity index is 583. The quantitative estimate of drug-likeness (QED) is 0.814. The number of nitrogens with zero attached hydrogens (tertiary/aromatic N) is 3. The highest BCUT2D eigenvalue weighted by Crippen LogP contribution is 2.45. The van der Waals surface area contributed by atoms with Gasteiger partial charge in [-0.3, -0.25) is 0 Å². The molecule has 1 aromatic heterocycles. The second kappa shape index (κ2) is 7.98. The standard InChI is InChI=1S/C19H31N3O3/c1-4-5-15-13-20-14(2)21-18(15)22-9-8-19(24-3)7-6-16(12-17(19)22)25-11-10-23/h13,16-17,23H,4-12H2,1-3H3/t16-,17+,19-/m1/s1. The molecule has 0 spiro atoms. The minimum absolute atomic E-state index is 0.0755. The molecule has 1 saturated heterocycles. The first-order valence-electron chi connectivity index (χ1n) is 9.50. The van der Waals surface area contributed by atoms with Crippen LogP contribution in [0.5, 0.6) is 0 Å². The number of methoxy groups -OCH3 is 1. The monoisotopic (exact) mass is 349 g/mol. The van der Waals surface area contributed by atoms with Gasteiger partial charge in [-0.05, 0) is 39.0 Å². The molecule has 0 bridgehead atoms. The Morgan fingerprint density at radius 3 is 2.96 bits per heavy atom. The summed E-state index contributed by atoms with van der Waals surface area (Å²) in [7, 11) is 1.84. The first-order chi connectivity index (χ1) is 12.1. The lowest BCUT2D eigenvalue weighted by atomic mass is 9.79. The number of aliphatic hydroxyl groups excluding tert-OH is 1. The van der Waals surface area contributed by atoms with Crippen molar-refractivity contribution in [3.05, 3.63) is 17.6 Å². The first kappa shape index (κ1) is 18.5. The van der Waals surface area contributed by atoms with Crippen LogP contribution < -0.4 is 4.90 Å². The molecule has 2 heterocycles. The fourth-order valence-electron chi connectivity index (χ4n) is 4.46. The van der Waals surface area contributed by atoms with Gasteiger partial charge < -0.3 is 19.5 Å². The van der Waals surface area contributed by atoms with Crippen molar-refractivity contribution in [3.63, 3.8) is 0 Å². The number of aliphatic hydroxyl groups is 1. The fraction of sp³-hybridized carbons (Fsp3) is 0.789. The summed E-state index contributed by atoms with van der Waals surface area (Å²) >= 11 is 0. The van der Waals surface area contributed by atoms with Gasteiger partial charge in [0.05, 0.1) is 31.0 Å². The van der Waals surface area contributed by atoms with Crippen molar-refractivity contribution in [2.24, 2.45) is 0 Å². The average Bonchev–Trinajstić information content (AvgIpc) is 3.01. The third-order valence-corrected chi connectivity index (χ3v) is 5.74. The first-order valence-corrected chi connectivity index (χ1v) is 9.50. The minimum Gasteiger partial charge on any atom is -0.394 e. The maximum absolute atomic E-state index is 9.06. The summed E-state index contributed by atoms with van der Waals surface area (Å²) in [5, 5.41) is 9.06. The Hall–Kier alpha value is -1.24. The summed E-state index contributed by atoms with van der Waals surface area (Å²) < 4.78 is 11.9. The van der Waals surface area contributed by atoms with Gasteiger partial charge in [0.25, 0.3) is 0 Å². The van der Waals surface area contributed by atoms with E-state index in [0.717, 1.165) is 56.7 Å². The second-order valence-electron chi connectivity index (χ2n) is 7.23. The fourth-order valence-corrected chi connectivity index (χ4v) is 4.46. The van der Waals surface area contributed by atoms with Crippen LogP contribution in [0.3, 0.4) is 0 Å². The summed E-state index contributed by atoms with van der Waals surface area (Å²) in [5.41, 5.74) is 1.11. The van der Waals surface area contributed by atoms with Crippen molar-refractivity contribution in [1.82, 2.24) is 9.97 Å². The lowest BCUT2D eigenvalue weighted by molar-refractivity contribution is -0.0835. The van der Waals surface area contributed by atoms with Gasteiger partial charge in [0.1, 0.15) is 11.6 Å². The third kappa shape index (κ3) is 3.66. The zero-order valence-corrected chi connectivity index (χ0v) is 15.7. The SMILES string of the molecule is CCCc1cnc(C)nc1N1CC[C@]2(OC)CC[C@@H](OCCO)C[C@H]12. The van der Waals surface area contributed by atoms with Crippen LogP contribution in [0.4, 0.5) is 5.82 Å². The van der Waals surface area contributed by atoms with Crippen LogP contribution in [0.1, 0.15) is 50.4 Å². The topological polar surface area (TPSA) is 67.7 Å². The van der Waals surface area contributed by atoms with E-state index in [4.69, 9.17) is 19.6 Å². The summed E-state index contributed by atoms with van der Waals surface area (Å²) in [6.07, 6.45) is 8.16. The van der Waals surface area contributed by atoms with Gasteiger partial charge in [-0.15, -0.1) is 0 Å². The minimum atomic E-state index is -0.110. The van der Waals surface area contributed by atoms with Gasteiger partial charge >= 0.3 is 0 Å². The summed E-state index contributed by atoms with van der Waals surface area (Å²) in [4.78, 5) is 11.6. The molecule has 0 radical (unpaired) electrons. The van der Waals surface area contributed by atoms with Crippen molar-refractivity contribution in [2.45, 2.75) is 70.1 Å². The van der Waals surface area contributed by atoms with Crippen LogP contribution in [-0.4, -0.2) is 59.7 Å². The predicted octanol–water partition coefficient (Wildman–Crippen LogP) is 2.26. The van der Waals surface area contributed by atoms with Crippen molar-refractivity contribution >= 4 is 5.82 Å². The van der Waals surface area contributed by atoms with E-state index >= 15 is 0 Å². The number of hydrogen-bond acceptors (Lipinski definition) is 6. The van der Waals surface area contributed by atoms with Crippen molar-refractivity contribution in [2.75, 3.05) is 31.8 Å². The molecule has 140 valence electrons. The predicted molar refractivity (Wildman–Crippen MR) is 96.9 cm³/mol. The van der Waals surface area contributed by atoms with Crippen molar-refractivity contribution < 1.29 is 14.6 Å². The van der Waals surface area contributed by atoms with Crippen LogP contribution in [0, 0.1) is 6.92 Å². The van der Waals surface area contributed by atoms with Crippen LogP contribution in [0.2, 0.25) is 0 Å². The summed E-state index contributed by atoms with van der Waals surface area (Å²) in [5.74, 6) is 1.88. The molecule has 1 aromatic rings. The molecular formula is C19H31N3O3. The highest BCUT2D eigenvalue weighted by atomic mass is 16.5. The highest BCUT2D eigenvalue weighted by Gasteiger charge is 2.52. The Kier molecular flexibility index (Phi) is 5.92. The van der Waals surface area contributed by atoms with E-state index in [1.807, 2.05) is 20.2 Å². The number of ether oxygens (including phenoxy) is 2. The molecule has 3 rings (SSSR count). The summed E-state index contributed by atoms with van der Waals surface area (Å²) in [6.45, 7) is 5.58. The van der Waals surface area contributed by atoms with Gasteiger partial charge in [-0.2, -0.15) is 0 Å². The van der Waals surface area contributed by atoms with E-state index in [9.17, 15) is 0 Å². The zero-order valence-electron chi connectivity index (χ0n) is 15.7. The van der Waals surface area contributed by atoms with E-state index in [1.54, 1.807) is 0 Å². The largest absolute Gasteiger partial charge is 0.394 e. The molecule has 3 atom stereocenters. The lowest BCUT2D eigenvalue weighted by Gasteiger charge is -2.44. The van der Waals surface area contributed by atoms with Crippen molar-refractivity contribution in [3.8, 4) is 0 Å². The molecule has 1 aliphatic heterocycles. The average molecular weight is 349 g/mol. The van der Waals surface area contributed by atoms with Gasteiger partial charge in [0.15, 0.2) is 0 Å². The zero-order chi connectivity index (χ0) is 17.9. The van der Waals surface area contributed by atoms with E-state index in [1.165, 1.54) is 5.56 Å².